The van der Waals surface area contributed by atoms with E-state index in [-0.39, 0.29) is 5.91 Å². The Hall–Kier alpha value is -1.58. The van der Waals surface area contributed by atoms with Gasteiger partial charge in [0.2, 0.25) is 0 Å². The van der Waals surface area contributed by atoms with Gasteiger partial charge in [-0.25, -0.2) is 4.98 Å². The molecule has 0 unspecified atom stereocenters. The third-order valence-corrected chi connectivity index (χ3v) is 3.94. The molecule has 1 amide bonds. The van der Waals surface area contributed by atoms with Gasteiger partial charge in [-0.3, -0.25) is 4.79 Å². The second kappa shape index (κ2) is 6.04. The molecule has 1 heterocycles. The maximum absolute atomic E-state index is 12.5. The number of carbonyl (C=O) groups is 1. The first-order valence-corrected chi connectivity index (χ1v) is 7.11. The lowest BCUT2D eigenvalue weighted by Crippen LogP contribution is -2.35. The molecule has 0 aliphatic heterocycles. The van der Waals surface area contributed by atoms with Crippen LogP contribution in [0, 0.1) is 0 Å². The van der Waals surface area contributed by atoms with E-state index in [4.69, 9.17) is 0 Å². The molecule has 2 rings (SSSR count). The van der Waals surface area contributed by atoms with Gasteiger partial charge in [0.15, 0.2) is 0 Å². The normalized spacial score (nSPS) is 15.5. The maximum atomic E-state index is 12.5. The summed E-state index contributed by atoms with van der Waals surface area (Å²) in [5.41, 5.74) is 1.70. The van der Waals surface area contributed by atoms with Gasteiger partial charge in [0.1, 0.15) is 5.82 Å². The molecule has 1 aliphatic rings. The molecule has 1 N–H and O–H groups in total. The van der Waals surface area contributed by atoms with Crippen LogP contribution in [-0.4, -0.2) is 35.9 Å². The summed E-state index contributed by atoms with van der Waals surface area (Å²) in [5.74, 6) is 0.878. The minimum Gasteiger partial charge on any atom is -0.373 e. The Morgan fingerprint density at radius 1 is 1.42 bits per heavy atom. The molecule has 1 fully saturated rings. The number of nitrogens with zero attached hydrogens (tertiary/aromatic N) is 2. The summed E-state index contributed by atoms with van der Waals surface area (Å²) in [5, 5.41) is 3.02. The Bertz CT molecular complexity index is 430. The van der Waals surface area contributed by atoms with Crippen LogP contribution >= 0.6 is 0 Å². The SMILES string of the molecule is CCc1cc(C(=O)N(C)C2CCCC2)cc(NC)n1. The highest BCUT2D eigenvalue weighted by Crippen LogP contribution is 2.24. The van der Waals surface area contributed by atoms with Crippen molar-refractivity contribution in [2.45, 2.75) is 45.1 Å². The second-order valence-corrected chi connectivity index (χ2v) is 5.19. The van der Waals surface area contributed by atoms with Gasteiger partial charge in [0, 0.05) is 31.4 Å². The topological polar surface area (TPSA) is 45.2 Å². The molecular weight excluding hydrogens is 238 g/mol. The highest BCUT2D eigenvalue weighted by atomic mass is 16.2. The van der Waals surface area contributed by atoms with Crippen LogP contribution in [0.2, 0.25) is 0 Å². The van der Waals surface area contributed by atoms with Crippen molar-refractivity contribution in [1.29, 1.82) is 0 Å². The standard InChI is InChI=1S/C15H23N3O/c1-4-12-9-11(10-14(16-2)17-12)15(19)18(3)13-7-5-6-8-13/h9-10,13H,4-8H2,1-3H3,(H,16,17). The van der Waals surface area contributed by atoms with Crippen LogP contribution in [0.1, 0.15) is 48.7 Å². The van der Waals surface area contributed by atoms with Crippen LogP contribution in [0.5, 0.6) is 0 Å². The number of pyridine rings is 1. The number of hydrogen-bond acceptors (Lipinski definition) is 3. The number of aryl methyl sites for hydroxylation is 1. The lowest BCUT2D eigenvalue weighted by atomic mass is 10.1. The molecule has 0 aromatic carbocycles. The first kappa shape index (κ1) is 13.8. The third-order valence-electron chi connectivity index (χ3n) is 3.94. The average molecular weight is 261 g/mol. The van der Waals surface area contributed by atoms with E-state index in [1.807, 2.05) is 31.1 Å². The van der Waals surface area contributed by atoms with Crippen LogP contribution in [0.3, 0.4) is 0 Å². The number of carbonyl (C=O) groups excluding carboxylic acids is 1. The first-order chi connectivity index (χ1) is 9.15. The van der Waals surface area contributed by atoms with Gasteiger partial charge < -0.3 is 10.2 Å². The highest BCUT2D eigenvalue weighted by Gasteiger charge is 2.24. The van der Waals surface area contributed by atoms with Crippen molar-refractivity contribution in [3.63, 3.8) is 0 Å². The van der Waals surface area contributed by atoms with Gasteiger partial charge in [0.25, 0.3) is 5.91 Å². The van der Waals surface area contributed by atoms with E-state index in [0.29, 0.717) is 6.04 Å². The lowest BCUT2D eigenvalue weighted by molar-refractivity contribution is 0.0735. The van der Waals surface area contributed by atoms with E-state index >= 15 is 0 Å². The molecule has 0 bridgehead atoms. The fourth-order valence-electron chi connectivity index (χ4n) is 2.68. The molecule has 1 aliphatic carbocycles. The maximum Gasteiger partial charge on any atom is 0.254 e. The summed E-state index contributed by atoms with van der Waals surface area (Å²) >= 11 is 0. The van der Waals surface area contributed by atoms with Crippen molar-refractivity contribution in [1.82, 2.24) is 9.88 Å². The molecule has 1 aromatic rings. The fourth-order valence-corrected chi connectivity index (χ4v) is 2.68. The summed E-state index contributed by atoms with van der Waals surface area (Å²) in [4.78, 5) is 18.9. The van der Waals surface area contributed by atoms with Gasteiger partial charge in [-0.1, -0.05) is 19.8 Å². The van der Waals surface area contributed by atoms with Crippen LogP contribution < -0.4 is 5.32 Å². The largest absolute Gasteiger partial charge is 0.373 e. The van der Waals surface area contributed by atoms with Crippen molar-refractivity contribution in [3.8, 4) is 0 Å². The van der Waals surface area contributed by atoms with Crippen LogP contribution in [0.25, 0.3) is 0 Å². The van der Waals surface area contributed by atoms with Crippen molar-refractivity contribution < 1.29 is 4.79 Å². The summed E-state index contributed by atoms with van der Waals surface area (Å²) < 4.78 is 0. The smallest absolute Gasteiger partial charge is 0.254 e. The number of rotatable bonds is 4. The monoisotopic (exact) mass is 261 g/mol. The van der Waals surface area contributed by atoms with Gasteiger partial charge >= 0.3 is 0 Å². The van der Waals surface area contributed by atoms with E-state index in [1.54, 1.807) is 0 Å². The molecule has 0 atom stereocenters. The lowest BCUT2D eigenvalue weighted by Gasteiger charge is -2.24. The molecule has 19 heavy (non-hydrogen) atoms. The van der Waals surface area contributed by atoms with Crippen LogP contribution in [0.4, 0.5) is 5.82 Å². The quantitative estimate of drug-likeness (QED) is 0.906. The van der Waals surface area contributed by atoms with E-state index in [2.05, 4.69) is 17.2 Å². The van der Waals surface area contributed by atoms with Gasteiger partial charge in [-0.15, -0.1) is 0 Å². The van der Waals surface area contributed by atoms with Crippen molar-refractivity contribution >= 4 is 11.7 Å². The minimum atomic E-state index is 0.112. The van der Waals surface area contributed by atoms with E-state index < -0.39 is 0 Å². The molecule has 4 nitrogen and oxygen atoms in total. The molecule has 4 heteroatoms. The molecule has 0 spiro atoms. The van der Waals surface area contributed by atoms with Gasteiger partial charge in [-0.2, -0.15) is 0 Å². The Kier molecular flexibility index (Phi) is 4.40. The minimum absolute atomic E-state index is 0.112. The van der Waals surface area contributed by atoms with Gasteiger partial charge in [0.05, 0.1) is 0 Å². The predicted octanol–water partition coefficient (Wildman–Crippen LogP) is 2.70. The van der Waals surface area contributed by atoms with E-state index in [0.717, 1.165) is 36.3 Å². The van der Waals surface area contributed by atoms with Crippen molar-refractivity contribution in [2.75, 3.05) is 19.4 Å². The zero-order valence-electron chi connectivity index (χ0n) is 12.1. The van der Waals surface area contributed by atoms with Gasteiger partial charge in [-0.05, 0) is 31.4 Å². The second-order valence-electron chi connectivity index (χ2n) is 5.19. The molecule has 0 saturated heterocycles. The molecule has 0 radical (unpaired) electrons. The zero-order chi connectivity index (χ0) is 13.8. The van der Waals surface area contributed by atoms with Crippen molar-refractivity contribution in [2.24, 2.45) is 0 Å². The number of amides is 1. The van der Waals surface area contributed by atoms with Crippen LogP contribution in [0.15, 0.2) is 12.1 Å². The Balaban J connectivity index is 2.21. The number of anilines is 1. The molecule has 1 aromatic heterocycles. The molecule has 1 saturated carbocycles. The number of hydrogen-bond donors (Lipinski definition) is 1. The predicted molar refractivity (Wildman–Crippen MR) is 77.5 cm³/mol. The highest BCUT2D eigenvalue weighted by molar-refractivity contribution is 5.95. The first-order valence-electron chi connectivity index (χ1n) is 7.11. The zero-order valence-corrected chi connectivity index (χ0v) is 12.1. The molecule has 104 valence electrons. The third kappa shape index (κ3) is 3.06. The molecular formula is C15H23N3O. The van der Waals surface area contributed by atoms with E-state index in [9.17, 15) is 4.79 Å². The number of nitrogens with one attached hydrogen (secondary N) is 1. The Labute approximate surface area is 115 Å². The summed E-state index contributed by atoms with van der Waals surface area (Å²) in [6.45, 7) is 2.05. The average Bonchev–Trinajstić information content (AvgIpc) is 2.99. The Morgan fingerprint density at radius 3 is 2.68 bits per heavy atom. The summed E-state index contributed by atoms with van der Waals surface area (Å²) in [6.07, 6.45) is 5.57. The summed E-state index contributed by atoms with van der Waals surface area (Å²) in [6, 6.07) is 4.16. The van der Waals surface area contributed by atoms with E-state index in [1.165, 1.54) is 12.8 Å². The Morgan fingerprint density at radius 2 is 2.11 bits per heavy atom. The van der Waals surface area contributed by atoms with Crippen LogP contribution in [-0.2, 0) is 6.42 Å². The summed E-state index contributed by atoms with van der Waals surface area (Å²) in [7, 11) is 3.75. The fraction of sp³-hybridized carbons (Fsp3) is 0.600. The van der Waals surface area contributed by atoms with Crippen molar-refractivity contribution in [3.05, 3.63) is 23.4 Å². The number of aromatic nitrogens is 1.